The van der Waals surface area contributed by atoms with Crippen LogP contribution in [0.4, 0.5) is 0 Å². The zero-order valence-corrected chi connectivity index (χ0v) is 15.5. The van der Waals surface area contributed by atoms with Crippen LogP contribution in [0, 0.1) is 0 Å². The summed E-state index contributed by atoms with van der Waals surface area (Å²) >= 11 is 0. The number of ether oxygens (including phenoxy) is 2. The van der Waals surface area contributed by atoms with E-state index in [1.807, 2.05) is 18.2 Å². The van der Waals surface area contributed by atoms with E-state index in [0.717, 1.165) is 13.1 Å². The van der Waals surface area contributed by atoms with Gasteiger partial charge in [-0.2, -0.15) is 0 Å². The van der Waals surface area contributed by atoms with E-state index in [0.29, 0.717) is 37.3 Å². The number of carbonyl (C=O) groups excluding carboxylic acids is 2. The third-order valence-electron chi connectivity index (χ3n) is 4.79. The van der Waals surface area contributed by atoms with Crippen molar-refractivity contribution in [1.29, 1.82) is 0 Å². The number of nitrogens with zero attached hydrogens (tertiary/aromatic N) is 2. The van der Waals surface area contributed by atoms with Gasteiger partial charge in [0.25, 0.3) is 0 Å². The van der Waals surface area contributed by atoms with Gasteiger partial charge in [0.15, 0.2) is 5.78 Å². The minimum atomic E-state index is -0.460. The van der Waals surface area contributed by atoms with Crippen LogP contribution in [-0.4, -0.2) is 55.0 Å². The van der Waals surface area contributed by atoms with E-state index in [-0.39, 0.29) is 11.8 Å². The summed E-state index contributed by atoms with van der Waals surface area (Å²) in [5.74, 6) is -0.487. The number of methoxy groups -OCH3 is 1. The van der Waals surface area contributed by atoms with Crippen LogP contribution in [0.15, 0.2) is 48.7 Å². The van der Waals surface area contributed by atoms with Gasteiger partial charge in [-0.3, -0.25) is 14.7 Å². The molecule has 1 aromatic carbocycles. The third kappa shape index (κ3) is 4.99. The van der Waals surface area contributed by atoms with Gasteiger partial charge in [0, 0.05) is 31.7 Å². The lowest BCUT2D eigenvalue weighted by atomic mass is 9.97. The molecule has 2 aromatic rings. The number of hydrogen-bond acceptors (Lipinski definition) is 6. The fourth-order valence-corrected chi connectivity index (χ4v) is 3.32. The van der Waals surface area contributed by atoms with Gasteiger partial charge < -0.3 is 9.47 Å². The molecule has 142 valence electrons. The quantitative estimate of drug-likeness (QED) is 0.553. The molecule has 1 atom stereocenters. The number of Topliss-reactive ketones (excluding diaryl/α,β-unsaturated/α-hetero) is 1. The van der Waals surface area contributed by atoms with Gasteiger partial charge in [0.05, 0.1) is 25.9 Å². The summed E-state index contributed by atoms with van der Waals surface area (Å²) in [6, 6.07) is 13.6. The summed E-state index contributed by atoms with van der Waals surface area (Å²) < 4.78 is 10.1. The Morgan fingerprint density at radius 3 is 2.52 bits per heavy atom. The topological polar surface area (TPSA) is 68.7 Å². The lowest BCUT2D eigenvalue weighted by Crippen LogP contribution is -2.39. The van der Waals surface area contributed by atoms with Gasteiger partial charge in [-0.1, -0.05) is 30.3 Å². The molecule has 0 spiro atoms. The molecule has 2 heterocycles. The average molecular weight is 368 g/mol. The summed E-state index contributed by atoms with van der Waals surface area (Å²) in [6.07, 6.45) is 2.49. The summed E-state index contributed by atoms with van der Waals surface area (Å²) in [5.41, 5.74) is 1.92. The fourth-order valence-electron chi connectivity index (χ4n) is 3.32. The lowest BCUT2D eigenvalue weighted by molar-refractivity contribution is 0.0139. The maximum absolute atomic E-state index is 12.6. The van der Waals surface area contributed by atoms with Gasteiger partial charge in [-0.25, -0.2) is 4.79 Å². The molecule has 0 saturated carbocycles. The van der Waals surface area contributed by atoms with E-state index < -0.39 is 5.97 Å². The van der Waals surface area contributed by atoms with Crippen LogP contribution in [0.2, 0.25) is 0 Å². The Morgan fingerprint density at radius 2 is 1.89 bits per heavy atom. The molecule has 1 aliphatic heterocycles. The molecule has 6 heteroatoms. The highest BCUT2D eigenvalue weighted by Gasteiger charge is 2.23. The largest absolute Gasteiger partial charge is 0.465 e. The first-order chi connectivity index (χ1) is 13.2. The van der Waals surface area contributed by atoms with Crippen LogP contribution in [-0.2, 0) is 9.47 Å². The molecule has 0 radical (unpaired) electrons. The second kappa shape index (κ2) is 9.39. The van der Waals surface area contributed by atoms with Crippen LogP contribution in [0.5, 0.6) is 0 Å². The predicted octanol–water partition coefficient (Wildman–Crippen LogP) is 2.90. The van der Waals surface area contributed by atoms with Crippen molar-refractivity contribution in [2.24, 2.45) is 0 Å². The molecule has 1 aliphatic rings. The fraction of sp³-hybridized carbons (Fsp3) is 0.381. The minimum Gasteiger partial charge on any atom is -0.465 e. The number of morpholine rings is 1. The van der Waals surface area contributed by atoms with Crippen molar-refractivity contribution < 1.29 is 19.1 Å². The maximum Gasteiger partial charge on any atom is 0.339 e. The van der Waals surface area contributed by atoms with Crippen molar-refractivity contribution in [1.82, 2.24) is 9.88 Å². The highest BCUT2D eigenvalue weighted by atomic mass is 16.5. The second-order valence-electron chi connectivity index (χ2n) is 6.46. The van der Waals surface area contributed by atoms with E-state index >= 15 is 0 Å². The number of benzene rings is 1. The Hall–Kier alpha value is -2.57. The van der Waals surface area contributed by atoms with Crippen molar-refractivity contribution >= 4 is 11.8 Å². The van der Waals surface area contributed by atoms with Gasteiger partial charge in [-0.15, -0.1) is 0 Å². The first-order valence-electron chi connectivity index (χ1n) is 9.13. The highest BCUT2D eigenvalue weighted by Crippen LogP contribution is 2.27. The number of rotatable bonds is 7. The molecular formula is C21H24N2O4. The van der Waals surface area contributed by atoms with Gasteiger partial charge >= 0.3 is 5.97 Å². The number of pyridine rings is 1. The number of ketones is 1. The molecule has 0 aliphatic carbocycles. The van der Waals surface area contributed by atoms with E-state index in [1.165, 1.54) is 18.9 Å². The van der Waals surface area contributed by atoms with E-state index in [9.17, 15) is 9.59 Å². The Morgan fingerprint density at radius 1 is 1.15 bits per heavy atom. The number of aromatic nitrogens is 1. The summed E-state index contributed by atoms with van der Waals surface area (Å²) in [4.78, 5) is 30.6. The van der Waals surface area contributed by atoms with Gasteiger partial charge in [-0.05, 0) is 24.1 Å². The van der Waals surface area contributed by atoms with E-state index in [1.54, 1.807) is 12.1 Å². The molecular weight excluding hydrogens is 344 g/mol. The van der Waals surface area contributed by atoms with E-state index in [2.05, 4.69) is 26.8 Å². The van der Waals surface area contributed by atoms with Crippen molar-refractivity contribution in [3.05, 3.63) is 65.5 Å². The standard InChI is InChI=1S/C21H24N2O4/c1-26-21(25)17-7-8-18(22-15-17)20(24)10-9-19(16-5-3-2-4-6-16)23-11-13-27-14-12-23/h2-8,15,19H,9-14H2,1H3. The Labute approximate surface area is 159 Å². The minimum absolute atomic E-state index is 0.0272. The predicted molar refractivity (Wildman–Crippen MR) is 101 cm³/mol. The average Bonchev–Trinajstić information content (AvgIpc) is 2.75. The van der Waals surface area contributed by atoms with Crippen molar-refractivity contribution in [3.63, 3.8) is 0 Å². The van der Waals surface area contributed by atoms with Crippen LogP contribution >= 0.6 is 0 Å². The van der Waals surface area contributed by atoms with Crippen LogP contribution in [0.3, 0.4) is 0 Å². The van der Waals surface area contributed by atoms with Crippen LogP contribution in [0.25, 0.3) is 0 Å². The molecule has 0 bridgehead atoms. The number of hydrogen-bond donors (Lipinski definition) is 0. The zero-order valence-electron chi connectivity index (χ0n) is 15.5. The normalized spacial score (nSPS) is 15.9. The van der Waals surface area contributed by atoms with Crippen LogP contribution < -0.4 is 0 Å². The second-order valence-corrected chi connectivity index (χ2v) is 6.46. The monoisotopic (exact) mass is 368 g/mol. The Balaban J connectivity index is 1.67. The summed E-state index contributed by atoms with van der Waals surface area (Å²) in [7, 11) is 1.32. The van der Waals surface area contributed by atoms with Crippen molar-refractivity contribution in [3.8, 4) is 0 Å². The third-order valence-corrected chi connectivity index (χ3v) is 4.79. The smallest absolute Gasteiger partial charge is 0.339 e. The zero-order chi connectivity index (χ0) is 19.1. The SMILES string of the molecule is COC(=O)c1ccc(C(=O)CCC(c2ccccc2)N2CCOCC2)nc1. The Bertz CT molecular complexity index is 756. The number of esters is 1. The van der Waals surface area contributed by atoms with E-state index in [4.69, 9.17) is 4.74 Å². The first-order valence-corrected chi connectivity index (χ1v) is 9.13. The Kier molecular flexibility index (Phi) is 6.68. The highest BCUT2D eigenvalue weighted by molar-refractivity contribution is 5.95. The first kappa shape index (κ1) is 19.2. The molecule has 27 heavy (non-hydrogen) atoms. The molecule has 1 unspecified atom stereocenters. The maximum atomic E-state index is 12.6. The van der Waals surface area contributed by atoms with Gasteiger partial charge in [0.2, 0.25) is 0 Å². The summed E-state index contributed by atoms with van der Waals surface area (Å²) in [5, 5.41) is 0. The van der Waals surface area contributed by atoms with Crippen molar-refractivity contribution in [2.75, 3.05) is 33.4 Å². The molecule has 0 amide bonds. The molecule has 1 fully saturated rings. The molecule has 1 aromatic heterocycles. The lowest BCUT2D eigenvalue weighted by Gasteiger charge is -2.34. The molecule has 6 nitrogen and oxygen atoms in total. The molecule has 0 N–H and O–H groups in total. The number of carbonyl (C=O) groups is 2. The van der Waals surface area contributed by atoms with Gasteiger partial charge in [0.1, 0.15) is 5.69 Å². The molecule has 1 saturated heterocycles. The molecule has 3 rings (SSSR count). The van der Waals surface area contributed by atoms with Crippen molar-refractivity contribution in [2.45, 2.75) is 18.9 Å². The van der Waals surface area contributed by atoms with Crippen LogP contribution in [0.1, 0.15) is 45.3 Å². The summed E-state index contributed by atoms with van der Waals surface area (Å²) in [6.45, 7) is 3.15.